The minimum absolute atomic E-state index is 0.158. The van der Waals surface area contributed by atoms with Crippen molar-refractivity contribution >= 4 is 10.9 Å². The smallest absolute Gasteiger partial charge is 0.123 e. The first-order chi connectivity index (χ1) is 7.65. The summed E-state index contributed by atoms with van der Waals surface area (Å²) in [7, 11) is 0. The minimum Gasteiger partial charge on any atom is -0.345 e. The van der Waals surface area contributed by atoms with Crippen molar-refractivity contribution in [1.82, 2.24) is 4.57 Å². The number of rotatable bonds is 1. The van der Waals surface area contributed by atoms with Crippen LogP contribution in [0.2, 0.25) is 0 Å². The highest BCUT2D eigenvalue weighted by Gasteiger charge is 2.09. The molecule has 0 aliphatic rings. The number of benzene rings is 1. The van der Waals surface area contributed by atoms with Gasteiger partial charge in [-0.1, -0.05) is 13.8 Å². The van der Waals surface area contributed by atoms with E-state index in [0.29, 0.717) is 0 Å². The highest BCUT2D eigenvalue weighted by Crippen LogP contribution is 2.25. The van der Waals surface area contributed by atoms with Gasteiger partial charge in [0.05, 0.1) is 0 Å². The second-order valence-corrected chi connectivity index (χ2v) is 3.62. The molecule has 1 heterocycles. The maximum Gasteiger partial charge on any atom is 0.123 e. The van der Waals surface area contributed by atoms with Crippen molar-refractivity contribution in [3.05, 3.63) is 35.3 Å². The lowest BCUT2D eigenvalue weighted by atomic mass is 10.1. The lowest BCUT2D eigenvalue weighted by Gasteiger charge is -2.03. The Labute approximate surface area is 96.9 Å². The molecule has 2 heteroatoms. The molecule has 0 radical (unpaired) electrons. The van der Waals surface area contributed by atoms with Gasteiger partial charge in [-0.3, -0.25) is 0 Å². The highest BCUT2D eigenvalue weighted by atomic mass is 19.1. The van der Waals surface area contributed by atoms with E-state index in [-0.39, 0.29) is 5.82 Å². The first-order valence-corrected chi connectivity index (χ1v) is 5.90. The number of hydrogen-bond acceptors (Lipinski definition) is 0. The summed E-state index contributed by atoms with van der Waals surface area (Å²) >= 11 is 0. The Bertz CT molecular complexity index is 483. The summed E-state index contributed by atoms with van der Waals surface area (Å²) in [6.45, 7) is 11.2. The highest BCUT2D eigenvalue weighted by molar-refractivity contribution is 5.85. The molecule has 0 unspecified atom stereocenters. The Morgan fingerprint density at radius 1 is 1.19 bits per heavy atom. The van der Waals surface area contributed by atoms with Crippen molar-refractivity contribution in [2.45, 2.75) is 41.2 Å². The Morgan fingerprint density at radius 3 is 2.38 bits per heavy atom. The van der Waals surface area contributed by atoms with E-state index in [1.165, 1.54) is 17.3 Å². The second kappa shape index (κ2) is 5.15. The van der Waals surface area contributed by atoms with Gasteiger partial charge in [0.25, 0.3) is 0 Å². The Hall–Kier alpha value is -1.31. The van der Waals surface area contributed by atoms with E-state index < -0.39 is 0 Å². The van der Waals surface area contributed by atoms with Gasteiger partial charge in [-0.2, -0.15) is 0 Å². The normalized spacial score (nSPS) is 10.1. The van der Waals surface area contributed by atoms with Crippen LogP contribution in [0.5, 0.6) is 0 Å². The number of halogens is 1. The van der Waals surface area contributed by atoms with Crippen molar-refractivity contribution in [1.29, 1.82) is 0 Å². The first-order valence-electron chi connectivity index (χ1n) is 5.90. The van der Waals surface area contributed by atoms with Crippen LogP contribution in [-0.2, 0) is 6.54 Å². The molecule has 0 fully saturated rings. The van der Waals surface area contributed by atoms with Gasteiger partial charge in [0.1, 0.15) is 5.82 Å². The third-order valence-electron chi connectivity index (χ3n) is 2.92. The monoisotopic (exact) mass is 221 g/mol. The van der Waals surface area contributed by atoms with E-state index in [2.05, 4.69) is 18.4 Å². The van der Waals surface area contributed by atoms with Gasteiger partial charge in [-0.25, -0.2) is 4.39 Å². The zero-order valence-corrected chi connectivity index (χ0v) is 10.8. The Balaban J connectivity index is 0.000000606. The van der Waals surface area contributed by atoms with Crippen molar-refractivity contribution in [3.8, 4) is 0 Å². The molecule has 1 nitrogen and oxygen atoms in total. The van der Waals surface area contributed by atoms with Crippen LogP contribution in [0.25, 0.3) is 10.9 Å². The fourth-order valence-electron chi connectivity index (χ4n) is 2.03. The van der Waals surface area contributed by atoms with Crippen LogP contribution in [-0.4, -0.2) is 4.57 Å². The summed E-state index contributed by atoms with van der Waals surface area (Å²) in [4.78, 5) is 0. The summed E-state index contributed by atoms with van der Waals surface area (Å²) in [6, 6.07) is 4.99. The van der Waals surface area contributed by atoms with Crippen LogP contribution in [0, 0.1) is 19.7 Å². The van der Waals surface area contributed by atoms with Gasteiger partial charge in [-0.15, -0.1) is 0 Å². The molecule has 1 aromatic carbocycles. The van der Waals surface area contributed by atoms with Gasteiger partial charge in [0, 0.05) is 23.1 Å². The number of hydrogen-bond donors (Lipinski definition) is 0. The fraction of sp³-hybridized carbons (Fsp3) is 0.429. The van der Waals surface area contributed by atoms with Gasteiger partial charge in [0.2, 0.25) is 0 Å². The molecule has 16 heavy (non-hydrogen) atoms. The lowest BCUT2D eigenvalue weighted by molar-refractivity contribution is 0.629. The maximum absolute atomic E-state index is 13.1. The largest absolute Gasteiger partial charge is 0.345 e. The third kappa shape index (κ3) is 1.97. The zero-order valence-electron chi connectivity index (χ0n) is 10.8. The van der Waals surface area contributed by atoms with Crippen molar-refractivity contribution in [3.63, 3.8) is 0 Å². The molecule has 2 rings (SSSR count). The van der Waals surface area contributed by atoms with Gasteiger partial charge < -0.3 is 4.57 Å². The molecule has 0 spiro atoms. The maximum atomic E-state index is 13.1. The van der Waals surface area contributed by atoms with Gasteiger partial charge in [0.15, 0.2) is 0 Å². The molecule has 0 bridgehead atoms. The summed E-state index contributed by atoms with van der Waals surface area (Å²) in [5.41, 5.74) is 3.54. The van der Waals surface area contributed by atoms with Crippen LogP contribution in [0.4, 0.5) is 4.39 Å². The summed E-state index contributed by atoms with van der Waals surface area (Å²) in [5, 5.41) is 1.03. The van der Waals surface area contributed by atoms with Gasteiger partial charge in [-0.05, 0) is 44.5 Å². The molecule has 0 amide bonds. The molecule has 0 aliphatic heterocycles. The first kappa shape index (κ1) is 12.8. The lowest BCUT2D eigenvalue weighted by Crippen LogP contribution is -1.95. The fourth-order valence-corrected chi connectivity index (χ4v) is 2.03. The third-order valence-corrected chi connectivity index (χ3v) is 2.92. The summed E-state index contributed by atoms with van der Waals surface area (Å²) < 4.78 is 15.3. The molecule has 1 aromatic heterocycles. The van der Waals surface area contributed by atoms with E-state index in [4.69, 9.17) is 0 Å². The van der Waals surface area contributed by atoms with Crippen LogP contribution >= 0.6 is 0 Å². The second-order valence-electron chi connectivity index (χ2n) is 3.62. The van der Waals surface area contributed by atoms with E-state index in [1.807, 2.05) is 26.8 Å². The quantitative estimate of drug-likeness (QED) is 0.670. The van der Waals surface area contributed by atoms with E-state index >= 15 is 0 Å². The standard InChI is InChI=1S/C12H14FN.C2H6/c1-4-14-9(3)8(2)11-7-10(13)5-6-12(11)14;1-2/h5-7H,4H2,1-3H3;1-2H3. The minimum atomic E-state index is -0.158. The Kier molecular flexibility index (Phi) is 4.11. The zero-order chi connectivity index (χ0) is 12.3. The molecule has 0 saturated heterocycles. The number of aromatic nitrogens is 1. The molecular formula is C14H20FN. The molecule has 0 aliphatic carbocycles. The Morgan fingerprint density at radius 2 is 1.81 bits per heavy atom. The van der Waals surface area contributed by atoms with Crippen LogP contribution in [0.1, 0.15) is 32.0 Å². The van der Waals surface area contributed by atoms with Crippen molar-refractivity contribution in [2.24, 2.45) is 0 Å². The van der Waals surface area contributed by atoms with Crippen molar-refractivity contribution in [2.75, 3.05) is 0 Å². The molecule has 2 aromatic rings. The summed E-state index contributed by atoms with van der Waals surface area (Å²) in [5.74, 6) is -0.158. The molecule has 0 saturated carbocycles. The van der Waals surface area contributed by atoms with Crippen LogP contribution < -0.4 is 0 Å². The van der Waals surface area contributed by atoms with E-state index in [9.17, 15) is 4.39 Å². The van der Waals surface area contributed by atoms with Gasteiger partial charge >= 0.3 is 0 Å². The molecule has 88 valence electrons. The number of nitrogens with zero attached hydrogens (tertiary/aromatic N) is 1. The predicted molar refractivity (Wildman–Crippen MR) is 68.4 cm³/mol. The number of fused-ring (bicyclic) bond motifs is 1. The molecule has 0 atom stereocenters. The average Bonchev–Trinajstić information content (AvgIpc) is 2.55. The molecular weight excluding hydrogens is 201 g/mol. The molecule has 0 N–H and O–H groups in total. The van der Waals surface area contributed by atoms with E-state index in [0.717, 1.165) is 17.4 Å². The van der Waals surface area contributed by atoms with Crippen LogP contribution in [0.3, 0.4) is 0 Å². The predicted octanol–water partition coefficient (Wildman–Crippen LogP) is 4.44. The summed E-state index contributed by atoms with van der Waals surface area (Å²) in [6.07, 6.45) is 0. The van der Waals surface area contributed by atoms with Crippen LogP contribution in [0.15, 0.2) is 18.2 Å². The topological polar surface area (TPSA) is 4.93 Å². The average molecular weight is 221 g/mol. The SMILES string of the molecule is CC.CCn1c(C)c(C)c2cc(F)ccc21. The van der Waals surface area contributed by atoms with Crippen molar-refractivity contribution < 1.29 is 4.39 Å². The number of aryl methyl sites for hydroxylation is 2. The van der Waals surface area contributed by atoms with E-state index in [1.54, 1.807) is 6.07 Å².